The minimum absolute atomic E-state index is 0.176. The number of nitrogens with one attached hydrogen (secondary N) is 1. The summed E-state index contributed by atoms with van der Waals surface area (Å²) in [7, 11) is 0. The smallest absolute Gasteiger partial charge is 0.323 e. The topological polar surface area (TPSA) is 91.3 Å². The highest BCUT2D eigenvalue weighted by Crippen LogP contribution is 2.35. The molecule has 1 N–H and O–H groups in total. The molecule has 1 fully saturated rings. The zero-order valence-corrected chi connectivity index (χ0v) is 17.9. The Morgan fingerprint density at radius 3 is 2.57 bits per heavy atom. The van der Waals surface area contributed by atoms with Crippen LogP contribution >= 0.6 is 34.5 Å². The Bertz CT molecular complexity index is 1070. The number of carbonyl (C=O) groups excluding carboxylic acids is 2. The summed E-state index contributed by atoms with van der Waals surface area (Å²) in [5.41, 5.74) is 1.04. The first kappa shape index (κ1) is 20.5. The third-order valence-corrected chi connectivity index (χ3v) is 6.25. The molecule has 0 spiro atoms. The minimum atomic E-state index is -0.269. The summed E-state index contributed by atoms with van der Waals surface area (Å²) in [4.78, 5) is 40.9. The highest BCUT2D eigenvalue weighted by Gasteiger charge is 2.26. The number of urea groups is 1. The quantitative estimate of drug-likeness (QED) is 0.637. The molecular formula is C19H16Cl2N6O2S. The van der Waals surface area contributed by atoms with Crippen LogP contribution in [0.15, 0.2) is 42.2 Å². The number of hydrogen-bond donors (Lipinski definition) is 1. The summed E-state index contributed by atoms with van der Waals surface area (Å²) in [6.45, 7) is 1.65. The van der Waals surface area contributed by atoms with E-state index in [-0.39, 0.29) is 11.9 Å². The maximum atomic E-state index is 12.8. The number of thiazole rings is 1. The predicted molar refractivity (Wildman–Crippen MR) is 116 cm³/mol. The third kappa shape index (κ3) is 4.38. The van der Waals surface area contributed by atoms with Crippen LogP contribution in [0.3, 0.4) is 0 Å². The van der Waals surface area contributed by atoms with Gasteiger partial charge in [-0.25, -0.2) is 14.8 Å². The molecule has 1 aliphatic heterocycles. The minimum Gasteiger partial charge on any atom is -0.334 e. The largest absolute Gasteiger partial charge is 0.334 e. The molecule has 0 atom stereocenters. The van der Waals surface area contributed by atoms with E-state index in [0.717, 1.165) is 0 Å². The summed E-state index contributed by atoms with van der Waals surface area (Å²) in [5.74, 6) is 0.209. The fraction of sp³-hybridized carbons (Fsp3) is 0.211. The number of amides is 3. The van der Waals surface area contributed by atoms with E-state index in [0.29, 0.717) is 58.3 Å². The van der Waals surface area contributed by atoms with Crippen molar-refractivity contribution in [3.05, 3.63) is 57.9 Å². The Hall–Kier alpha value is -2.75. The highest BCUT2D eigenvalue weighted by molar-refractivity contribution is 7.13. The van der Waals surface area contributed by atoms with Gasteiger partial charge in [-0.1, -0.05) is 35.3 Å². The van der Waals surface area contributed by atoms with Crippen molar-refractivity contribution in [1.29, 1.82) is 0 Å². The highest BCUT2D eigenvalue weighted by atomic mass is 35.5. The van der Waals surface area contributed by atoms with Crippen LogP contribution in [0.4, 0.5) is 10.6 Å². The number of halogens is 2. The van der Waals surface area contributed by atoms with E-state index < -0.39 is 0 Å². The molecule has 3 aromatic rings. The van der Waals surface area contributed by atoms with Gasteiger partial charge in [0.1, 0.15) is 10.7 Å². The summed E-state index contributed by atoms with van der Waals surface area (Å²) in [6, 6.07) is 5.04. The zero-order chi connectivity index (χ0) is 21.1. The number of rotatable bonds is 3. The van der Waals surface area contributed by atoms with Gasteiger partial charge in [0.15, 0.2) is 5.82 Å². The normalized spacial score (nSPS) is 13.9. The number of carbonyl (C=O) groups is 2. The second-order valence-corrected chi connectivity index (χ2v) is 8.08. The van der Waals surface area contributed by atoms with Crippen LogP contribution in [-0.2, 0) is 0 Å². The van der Waals surface area contributed by atoms with Crippen LogP contribution in [0.25, 0.3) is 10.6 Å². The predicted octanol–water partition coefficient (Wildman–Crippen LogP) is 3.90. The van der Waals surface area contributed by atoms with E-state index >= 15 is 0 Å². The van der Waals surface area contributed by atoms with Gasteiger partial charge in [-0.3, -0.25) is 15.1 Å². The van der Waals surface area contributed by atoms with E-state index in [2.05, 4.69) is 20.3 Å². The molecule has 4 rings (SSSR count). The van der Waals surface area contributed by atoms with Gasteiger partial charge in [0.25, 0.3) is 5.91 Å². The fourth-order valence-electron chi connectivity index (χ4n) is 2.99. The monoisotopic (exact) mass is 462 g/mol. The molecule has 0 aliphatic carbocycles. The average Bonchev–Trinajstić information content (AvgIpc) is 3.26. The molecule has 154 valence electrons. The van der Waals surface area contributed by atoms with Gasteiger partial charge in [0, 0.05) is 49.5 Å². The Balaban J connectivity index is 1.37. The molecule has 0 radical (unpaired) electrons. The second kappa shape index (κ2) is 8.95. The van der Waals surface area contributed by atoms with E-state index in [1.165, 1.54) is 29.9 Å². The van der Waals surface area contributed by atoms with Crippen molar-refractivity contribution in [1.82, 2.24) is 24.8 Å². The molecule has 2 aromatic heterocycles. The number of hydrogen-bond acceptors (Lipinski definition) is 6. The van der Waals surface area contributed by atoms with Crippen LogP contribution in [0.5, 0.6) is 0 Å². The first-order valence-corrected chi connectivity index (χ1v) is 10.7. The van der Waals surface area contributed by atoms with Crippen molar-refractivity contribution in [2.24, 2.45) is 0 Å². The van der Waals surface area contributed by atoms with E-state index in [1.807, 2.05) is 6.07 Å². The maximum Gasteiger partial charge on any atom is 0.323 e. The number of anilines is 1. The van der Waals surface area contributed by atoms with Gasteiger partial charge in [0.05, 0.1) is 16.2 Å². The number of benzene rings is 1. The van der Waals surface area contributed by atoms with Gasteiger partial charge in [-0.15, -0.1) is 11.3 Å². The van der Waals surface area contributed by atoms with Gasteiger partial charge in [-0.05, 0) is 6.07 Å². The molecular weight excluding hydrogens is 447 g/mol. The Labute approximate surface area is 186 Å². The second-order valence-electron chi connectivity index (χ2n) is 6.44. The molecule has 0 bridgehead atoms. The first-order chi connectivity index (χ1) is 14.5. The van der Waals surface area contributed by atoms with Gasteiger partial charge in [0.2, 0.25) is 0 Å². The first-order valence-electron chi connectivity index (χ1n) is 9.04. The lowest BCUT2D eigenvalue weighted by atomic mass is 10.2. The molecule has 3 amide bonds. The van der Waals surface area contributed by atoms with Crippen molar-refractivity contribution < 1.29 is 9.59 Å². The van der Waals surface area contributed by atoms with E-state index in [9.17, 15) is 9.59 Å². The van der Waals surface area contributed by atoms with Crippen molar-refractivity contribution in [2.75, 3.05) is 31.5 Å². The molecule has 11 heteroatoms. The third-order valence-electron chi connectivity index (χ3n) is 4.56. The Morgan fingerprint density at radius 1 is 1.07 bits per heavy atom. The molecule has 0 unspecified atom stereocenters. The Morgan fingerprint density at radius 2 is 1.83 bits per heavy atom. The summed E-state index contributed by atoms with van der Waals surface area (Å²) in [6.07, 6.45) is 4.51. The van der Waals surface area contributed by atoms with Crippen molar-refractivity contribution in [2.45, 2.75) is 0 Å². The average molecular weight is 463 g/mol. The molecule has 1 aromatic carbocycles. The van der Waals surface area contributed by atoms with Crippen molar-refractivity contribution >= 4 is 52.3 Å². The molecule has 8 nitrogen and oxygen atoms in total. The van der Waals surface area contributed by atoms with E-state index in [1.54, 1.807) is 27.3 Å². The van der Waals surface area contributed by atoms with Crippen LogP contribution in [0.2, 0.25) is 10.0 Å². The van der Waals surface area contributed by atoms with Gasteiger partial charge >= 0.3 is 6.03 Å². The number of aromatic nitrogens is 3. The van der Waals surface area contributed by atoms with E-state index in [4.69, 9.17) is 23.2 Å². The lowest BCUT2D eigenvalue weighted by Gasteiger charge is -2.34. The van der Waals surface area contributed by atoms with Gasteiger partial charge < -0.3 is 9.80 Å². The summed E-state index contributed by atoms with van der Waals surface area (Å²) >= 11 is 13.7. The van der Waals surface area contributed by atoms with Crippen LogP contribution in [0.1, 0.15) is 10.5 Å². The summed E-state index contributed by atoms with van der Waals surface area (Å²) < 4.78 is 0. The maximum absolute atomic E-state index is 12.8. The lowest BCUT2D eigenvalue weighted by molar-refractivity contribution is 0.0667. The Kier molecular flexibility index (Phi) is 6.12. The molecule has 0 saturated carbocycles. The molecule has 3 heterocycles. The molecule has 1 saturated heterocycles. The number of nitrogens with zero attached hydrogens (tertiary/aromatic N) is 5. The lowest BCUT2D eigenvalue weighted by Crippen LogP contribution is -2.51. The van der Waals surface area contributed by atoms with Crippen molar-refractivity contribution in [3.8, 4) is 10.6 Å². The van der Waals surface area contributed by atoms with Crippen LogP contribution in [-0.4, -0.2) is 62.9 Å². The van der Waals surface area contributed by atoms with Crippen molar-refractivity contribution in [3.63, 3.8) is 0 Å². The van der Waals surface area contributed by atoms with Crippen LogP contribution < -0.4 is 5.32 Å². The van der Waals surface area contributed by atoms with Gasteiger partial charge in [-0.2, -0.15) is 0 Å². The SMILES string of the molecule is O=C(Nc1cnccn1)N1CCN(C(=O)c2csc(-c3cccc(Cl)c3Cl)n2)CC1. The number of piperazine rings is 1. The molecule has 1 aliphatic rings. The molecule has 30 heavy (non-hydrogen) atoms. The fourth-order valence-corrected chi connectivity index (χ4v) is 4.26. The van der Waals surface area contributed by atoms with Crippen LogP contribution in [0, 0.1) is 0 Å². The summed E-state index contributed by atoms with van der Waals surface area (Å²) in [5, 5.41) is 5.89. The zero-order valence-electron chi connectivity index (χ0n) is 15.6. The standard InChI is InChI=1S/C19H16Cl2N6O2S/c20-13-3-1-2-12(16(13)21)17-24-14(11-30-17)18(28)26-6-8-27(9-7-26)19(29)25-15-10-22-4-5-23-15/h1-5,10-11H,6-9H2,(H,23,25,29).